The summed E-state index contributed by atoms with van der Waals surface area (Å²) in [5, 5.41) is 4.59. The third-order valence-electron chi connectivity index (χ3n) is 3.49. The van der Waals surface area contributed by atoms with Gasteiger partial charge < -0.3 is 10.1 Å². The summed E-state index contributed by atoms with van der Waals surface area (Å²) in [4.78, 5) is 6.04. The second-order valence-electron chi connectivity index (χ2n) is 5.12. The van der Waals surface area contributed by atoms with Crippen LogP contribution in [0.15, 0.2) is 30.3 Å². The highest BCUT2D eigenvalue weighted by Gasteiger charge is 2.11. The fraction of sp³-hybridized carbons (Fsp3) is 0.471. The van der Waals surface area contributed by atoms with E-state index in [1.165, 1.54) is 10.6 Å². The summed E-state index contributed by atoms with van der Waals surface area (Å²) in [6.07, 6.45) is 2.11. The highest BCUT2D eigenvalue weighted by Crippen LogP contribution is 2.21. The quantitative estimate of drug-likeness (QED) is 0.794. The Morgan fingerprint density at radius 3 is 2.67 bits per heavy atom. The summed E-state index contributed by atoms with van der Waals surface area (Å²) >= 11 is 1.76. The van der Waals surface area contributed by atoms with Crippen LogP contribution in [-0.2, 0) is 19.6 Å². The summed E-state index contributed by atoms with van der Waals surface area (Å²) in [6.45, 7) is 8.02. The maximum Gasteiger partial charge on any atom is 0.140 e. The molecule has 2 aromatic rings. The van der Waals surface area contributed by atoms with Crippen molar-refractivity contribution in [2.24, 2.45) is 0 Å². The number of ether oxygens (including phenoxy) is 1. The lowest BCUT2D eigenvalue weighted by Gasteiger charge is -2.10. The molecule has 0 bridgehead atoms. The molecule has 21 heavy (non-hydrogen) atoms. The molecule has 0 aliphatic carbocycles. The van der Waals surface area contributed by atoms with Crippen molar-refractivity contribution < 1.29 is 4.74 Å². The predicted molar refractivity (Wildman–Crippen MR) is 88.9 cm³/mol. The minimum atomic E-state index is 0.542. The van der Waals surface area contributed by atoms with E-state index in [9.17, 15) is 0 Å². The molecule has 1 N–H and O–H groups in total. The van der Waals surface area contributed by atoms with E-state index in [1.807, 2.05) is 30.3 Å². The van der Waals surface area contributed by atoms with E-state index in [1.54, 1.807) is 11.3 Å². The molecule has 1 heterocycles. The fourth-order valence-corrected chi connectivity index (χ4v) is 3.01. The molecular formula is C17H24N2OS. The Hall–Kier alpha value is -1.39. The number of aromatic nitrogens is 1. The highest BCUT2D eigenvalue weighted by molar-refractivity contribution is 7.11. The first-order valence-corrected chi connectivity index (χ1v) is 8.43. The Labute approximate surface area is 131 Å². The van der Waals surface area contributed by atoms with Crippen LogP contribution in [0.3, 0.4) is 0 Å². The van der Waals surface area contributed by atoms with E-state index in [2.05, 4.69) is 26.1 Å². The molecular weight excluding hydrogens is 280 g/mol. The predicted octanol–water partition coefficient (Wildman–Crippen LogP) is 4.17. The van der Waals surface area contributed by atoms with Crippen LogP contribution < -0.4 is 10.1 Å². The van der Waals surface area contributed by atoms with Crippen LogP contribution in [-0.4, -0.2) is 11.0 Å². The summed E-state index contributed by atoms with van der Waals surface area (Å²) in [6, 6.07) is 10.4. The molecule has 0 saturated heterocycles. The molecule has 3 nitrogen and oxygen atoms in total. The number of hydrogen-bond acceptors (Lipinski definition) is 4. The SMILES string of the molecule is CCc1nc(COc2ccccc2)sc1CNC(C)CC. The van der Waals surface area contributed by atoms with Crippen molar-refractivity contribution in [3.05, 3.63) is 45.9 Å². The molecule has 1 unspecified atom stereocenters. The van der Waals surface area contributed by atoms with Gasteiger partial charge in [0.15, 0.2) is 0 Å². The zero-order valence-corrected chi connectivity index (χ0v) is 13.9. The van der Waals surface area contributed by atoms with Crippen molar-refractivity contribution in [3.63, 3.8) is 0 Å². The minimum Gasteiger partial charge on any atom is -0.486 e. The minimum absolute atomic E-state index is 0.542. The number of nitrogens with one attached hydrogen (secondary N) is 1. The lowest BCUT2D eigenvalue weighted by atomic mass is 10.2. The van der Waals surface area contributed by atoms with Gasteiger partial charge in [0.2, 0.25) is 0 Å². The van der Waals surface area contributed by atoms with Crippen LogP contribution in [0, 0.1) is 0 Å². The van der Waals surface area contributed by atoms with Gasteiger partial charge in [0, 0.05) is 17.5 Å². The van der Waals surface area contributed by atoms with Crippen molar-refractivity contribution in [2.45, 2.75) is 52.8 Å². The van der Waals surface area contributed by atoms with Gasteiger partial charge in [-0.2, -0.15) is 0 Å². The molecule has 0 radical (unpaired) electrons. The topological polar surface area (TPSA) is 34.1 Å². The van der Waals surface area contributed by atoms with Gasteiger partial charge in [-0.25, -0.2) is 4.98 Å². The Morgan fingerprint density at radius 2 is 2.00 bits per heavy atom. The third-order valence-corrected chi connectivity index (χ3v) is 4.56. The van der Waals surface area contributed by atoms with Gasteiger partial charge in [-0.1, -0.05) is 32.0 Å². The van der Waals surface area contributed by atoms with Crippen LogP contribution >= 0.6 is 11.3 Å². The molecule has 0 saturated carbocycles. The van der Waals surface area contributed by atoms with Crippen molar-refractivity contribution in [1.82, 2.24) is 10.3 Å². The van der Waals surface area contributed by atoms with E-state index in [0.29, 0.717) is 12.6 Å². The zero-order chi connectivity index (χ0) is 15.1. The highest BCUT2D eigenvalue weighted by atomic mass is 32.1. The fourth-order valence-electron chi connectivity index (χ4n) is 1.99. The Morgan fingerprint density at radius 1 is 1.24 bits per heavy atom. The molecule has 0 fully saturated rings. The van der Waals surface area contributed by atoms with E-state index >= 15 is 0 Å². The number of rotatable bonds is 8. The average Bonchev–Trinajstić information content (AvgIpc) is 2.94. The maximum absolute atomic E-state index is 5.78. The molecule has 1 atom stereocenters. The lowest BCUT2D eigenvalue weighted by molar-refractivity contribution is 0.305. The molecule has 2 rings (SSSR count). The number of para-hydroxylation sites is 1. The number of hydrogen-bond donors (Lipinski definition) is 1. The van der Waals surface area contributed by atoms with E-state index in [4.69, 9.17) is 9.72 Å². The van der Waals surface area contributed by atoms with Gasteiger partial charge in [-0.15, -0.1) is 11.3 Å². The molecule has 0 spiro atoms. The van der Waals surface area contributed by atoms with Crippen molar-refractivity contribution >= 4 is 11.3 Å². The monoisotopic (exact) mass is 304 g/mol. The third kappa shape index (κ3) is 4.83. The molecule has 0 aliphatic heterocycles. The zero-order valence-electron chi connectivity index (χ0n) is 13.1. The maximum atomic E-state index is 5.78. The Balaban J connectivity index is 1.96. The van der Waals surface area contributed by atoms with Crippen LogP contribution in [0.4, 0.5) is 0 Å². The van der Waals surface area contributed by atoms with Gasteiger partial charge in [-0.05, 0) is 31.9 Å². The van der Waals surface area contributed by atoms with Crippen molar-refractivity contribution in [1.29, 1.82) is 0 Å². The molecule has 0 aliphatic rings. The summed E-state index contributed by atoms with van der Waals surface area (Å²) in [5.41, 5.74) is 1.20. The second kappa shape index (κ2) is 8.15. The molecule has 4 heteroatoms. The summed E-state index contributed by atoms with van der Waals surface area (Å²) < 4.78 is 5.78. The Bertz CT molecular complexity index is 539. The van der Waals surface area contributed by atoms with Crippen LogP contribution in [0.5, 0.6) is 5.75 Å². The molecule has 1 aromatic carbocycles. The standard InChI is InChI=1S/C17H24N2OS/c1-4-13(3)18-11-16-15(5-2)19-17(21-16)12-20-14-9-7-6-8-10-14/h6-10,13,18H,4-5,11-12H2,1-3H3. The number of benzene rings is 1. The van der Waals surface area contributed by atoms with E-state index in [-0.39, 0.29) is 0 Å². The lowest BCUT2D eigenvalue weighted by Crippen LogP contribution is -2.24. The van der Waals surface area contributed by atoms with Crippen LogP contribution in [0.25, 0.3) is 0 Å². The van der Waals surface area contributed by atoms with Gasteiger partial charge >= 0.3 is 0 Å². The first-order chi connectivity index (χ1) is 10.2. The van der Waals surface area contributed by atoms with E-state index in [0.717, 1.165) is 30.1 Å². The number of nitrogens with zero attached hydrogens (tertiary/aromatic N) is 1. The molecule has 114 valence electrons. The normalized spacial score (nSPS) is 12.3. The van der Waals surface area contributed by atoms with Crippen molar-refractivity contribution in [3.8, 4) is 5.75 Å². The molecule has 1 aromatic heterocycles. The van der Waals surface area contributed by atoms with Crippen molar-refractivity contribution in [2.75, 3.05) is 0 Å². The van der Waals surface area contributed by atoms with Gasteiger partial charge in [0.05, 0.1) is 5.69 Å². The van der Waals surface area contributed by atoms with Crippen LogP contribution in [0.2, 0.25) is 0 Å². The van der Waals surface area contributed by atoms with E-state index < -0.39 is 0 Å². The number of aryl methyl sites for hydroxylation is 1. The first kappa shape index (κ1) is 16.0. The Kier molecular flexibility index (Phi) is 6.21. The molecule has 0 amide bonds. The first-order valence-electron chi connectivity index (χ1n) is 7.61. The summed E-state index contributed by atoms with van der Waals surface area (Å²) in [5.74, 6) is 0.894. The largest absolute Gasteiger partial charge is 0.486 e. The van der Waals surface area contributed by atoms with Gasteiger partial charge in [0.1, 0.15) is 17.4 Å². The average molecular weight is 304 g/mol. The van der Waals surface area contributed by atoms with Gasteiger partial charge in [0.25, 0.3) is 0 Å². The van der Waals surface area contributed by atoms with Gasteiger partial charge in [-0.3, -0.25) is 0 Å². The number of thiazole rings is 1. The summed E-state index contributed by atoms with van der Waals surface area (Å²) in [7, 11) is 0. The smallest absolute Gasteiger partial charge is 0.140 e. The second-order valence-corrected chi connectivity index (χ2v) is 6.29. The van der Waals surface area contributed by atoms with Crippen LogP contribution in [0.1, 0.15) is 42.8 Å².